The van der Waals surface area contributed by atoms with Crippen LogP contribution in [0.25, 0.3) is 0 Å². The van der Waals surface area contributed by atoms with Gasteiger partial charge in [0.05, 0.1) is 6.61 Å². The first-order valence-electron chi connectivity index (χ1n) is 8.19. The van der Waals surface area contributed by atoms with Gasteiger partial charge in [0.1, 0.15) is 6.10 Å². The molecule has 2 fully saturated rings. The molecule has 2 aliphatic rings. The van der Waals surface area contributed by atoms with E-state index >= 15 is 0 Å². The summed E-state index contributed by atoms with van der Waals surface area (Å²) in [5.74, 6) is 1.86. The third-order valence-electron chi connectivity index (χ3n) is 4.56. The first-order chi connectivity index (χ1) is 10.3. The minimum Gasteiger partial charge on any atom is -0.367 e. The maximum atomic E-state index is 5.95. The zero-order chi connectivity index (χ0) is 14.7. The van der Waals surface area contributed by atoms with Gasteiger partial charge < -0.3 is 15.0 Å². The van der Waals surface area contributed by atoms with Gasteiger partial charge >= 0.3 is 0 Å². The number of rotatable bonds is 4. The highest BCUT2D eigenvalue weighted by atomic mass is 16.5. The zero-order valence-corrected chi connectivity index (χ0v) is 12.8. The normalized spacial score (nSPS) is 31.4. The van der Waals surface area contributed by atoms with Crippen molar-refractivity contribution in [1.82, 2.24) is 15.0 Å². The highest BCUT2D eigenvalue weighted by molar-refractivity contribution is 5.00. The van der Waals surface area contributed by atoms with Gasteiger partial charge in [-0.15, -0.1) is 0 Å². The van der Waals surface area contributed by atoms with Crippen LogP contribution in [0.5, 0.6) is 0 Å². The predicted octanol–water partition coefficient (Wildman–Crippen LogP) is 1.84. The van der Waals surface area contributed by atoms with E-state index in [1.165, 1.54) is 0 Å². The topological polar surface area (TPSA) is 77.4 Å². The molecule has 6 heteroatoms. The number of hydrogen-bond acceptors (Lipinski definition) is 6. The number of ether oxygens (including phenoxy) is 1. The molecule has 0 amide bonds. The van der Waals surface area contributed by atoms with Crippen molar-refractivity contribution >= 4 is 0 Å². The van der Waals surface area contributed by atoms with Crippen molar-refractivity contribution in [3.63, 3.8) is 0 Å². The number of aromatic nitrogens is 2. The van der Waals surface area contributed by atoms with E-state index in [9.17, 15) is 0 Å². The highest BCUT2D eigenvalue weighted by Gasteiger charge is 2.29. The monoisotopic (exact) mass is 294 g/mol. The molecular weight excluding hydrogens is 268 g/mol. The number of hydrogen-bond donors (Lipinski definition) is 1. The van der Waals surface area contributed by atoms with E-state index in [1.54, 1.807) is 0 Å². The molecule has 21 heavy (non-hydrogen) atoms. The smallest absolute Gasteiger partial charge is 0.229 e. The van der Waals surface area contributed by atoms with Crippen LogP contribution in [-0.4, -0.2) is 47.3 Å². The molecule has 1 saturated heterocycles. The Morgan fingerprint density at radius 1 is 1.29 bits per heavy atom. The average Bonchev–Trinajstić information content (AvgIpc) is 2.98. The number of nitrogens with zero attached hydrogens (tertiary/aromatic N) is 3. The van der Waals surface area contributed by atoms with Gasteiger partial charge in [0.2, 0.25) is 11.7 Å². The molecular formula is C15H26N4O2. The molecule has 1 aromatic heterocycles. The quantitative estimate of drug-likeness (QED) is 0.913. The SMILES string of the molecule is CCCN1CCOC(c2noc(C3CCC(N)CC3)n2)C1. The third kappa shape index (κ3) is 3.62. The van der Waals surface area contributed by atoms with Crippen molar-refractivity contribution in [1.29, 1.82) is 0 Å². The van der Waals surface area contributed by atoms with Crippen molar-refractivity contribution < 1.29 is 9.26 Å². The minimum absolute atomic E-state index is 0.0475. The lowest BCUT2D eigenvalue weighted by atomic mass is 9.86. The molecule has 1 aliphatic carbocycles. The van der Waals surface area contributed by atoms with Crippen LogP contribution >= 0.6 is 0 Å². The highest BCUT2D eigenvalue weighted by Crippen LogP contribution is 2.32. The van der Waals surface area contributed by atoms with E-state index in [-0.39, 0.29) is 6.10 Å². The second-order valence-electron chi connectivity index (χ2n) is 6.26. The molecule has 1 aliphatic heterocycles. The summed E-state index contributed by atoms with van der Waals surface area (Å²) in [4.78, 5) is 7.01. The fourth-order valence-electron chi connectivity index (χ4n) is 3.29. The van der Waals surface area contributed by atoms with Crippen LogP contribution < -0.4 is 5.73 Å². The summed E-state index contributed by atoms with van der Waals surface area (Å²) in [7, 11) is 0. The fourth-order valence-corrected chi connectivity index (χ4v) is 3.29. The van der Waals surface area contributed by atoms with E-state index in [4.69, 9.17) is 15.0 Å². The Morgan fingerprint density at radius 2 is 2.10 bits per heavy atom. The maximum absolute atomic E-state index is 5.95. The molecule has 118 valence electrons. The van der Waals surface area contributed by atoms with E-state index < -0.39 is 0 Å². The summed E-state index contributed by atoms with van der Waals surface area (Å²) in [5.41, 5.74) is 5.95. The van der Waals surface area contributed by atoms with Crippen molar-refractivity contribution in [2.24, 2.45) is 5.73 Å². The molecule has 1 saturated carbocycles. The van der Waals surface area contributed by atoms with E-state index in [0.29, 0.717) is 17.8 Å². The van der Waals surface area contributed by atoms with Crippen LogP contribution in [0, 0.1) is 0 Å². The summed E-state index contributed by atoms with van der Waals surface area (Å²) in [6, 6.07) is 0.341. The van der Waals surface area contributed by atoms with Crippen LogP contribution in [0.1, 0.15) is 62.8 Å². The molecule has 1 unspecified atom stereocenters. The first kappa shape index (κ1) is 14.9. The lowest BCUT2D eigenvalue weighted by Crippen LogP contribution is -2.39. The van der Waals surface area contributed by atoms with E-state index in [0.717, 1.165) is 64.2 Å². The van der Waals surface area contributed by atoms with Gasteiger partial charge in [-0.2, -0.15) is 4.98 Å². The van der Waals surface area contributed by atoms with Gasteiger partial charge in [0.25, 0.3) is 0 Å². The second-order valence-corrected chi connectivity index (χ2v) is 6.26. The summed E-state index contributed by atoms with van der Waals surface area (Å²) in [5, 5.41) is 4.16. The Balaban J connectivity index is 1.61. The van der Waals surface area contributed by atoms with Gasteiger partial charge in [-0.25, -0.2) is 0 Å². The Labute approximate surface area is 126 Å². The standard InChI is InChI=1S/C15H26N4O2/c1-2-7-19-8-9-20-13(10-19)14-17-15(21-18-14)11-3-5-12(16)6-4-11/h11-13H,2-10,16H2,1H3. The molecule has 6 nitrogen and oxygen atoms in total. The molecule has 2 heterocycles. The van der Waals surface area contributed by atoms with Crippen molar-refractivity contribution in [3.8, 4) is 0 Å². The van der Waals surface area contributed by atoms with Gasteiger partial charge in [-0.1, -0.05) is 12.1 Å². The zero-order valence-electron chi connectivity index (χ0n) is 12.8. The lowest BCUT2D eigenvalue weighted by Gasteiger charge is -2.31. The molecule has 3 rings (SSSR count). The summed E-state index contributed by atoms with van der Waals surface area (Å²) in [6.07, 6.45) is 5.31. The molecule has 0 spiro atoms. The Kier molecular flexibility index (Phi) is 4.87. The maximum Gasteiger partial charge on any atom is 0.229 e. The van der Waals surface area contributed by atoms with Gasteiger partial charge in [0, 0.05) is 25.0 Å². The lowest BCUT2D eigenvalue weighted by molar-refractivity contribution is -0.0350. The Bertz CT molecular complexity index is 441. The van der Waals surface area contributed by atoms with E-state index in [1.807, 2.05) is 0 Å². The number of nitrogens with two attached hydrogens (primary N) is 1. The van der Waals surface area contributed by atoms with E-state index in [2.05, 4.69) is 22.0 Å². The van der Waals surface area contributed by atoms with Crippen LogP contribution in [0.4, 0.5) is 0 Å². The second kappa shape index (κ2) is 6.85. The van der Waals surface area contributed by atoms with Gasteiger partial charge in [-0.05, 0) is 38.6 Å². The number of morpholine rings is 1. The molecule has 1 atom stereocenters. The Hall–Kier alpha value is -0.980. The minimum atomic E-state index is -0.0475. The summed E-state index contributed by atoms with van der Waals surface area (Å²) in [6.45, 7) is 5.90. The summed E-state index contributed by atoms with van der Waals surface area (Å²) < 4.78 is 11.3. The van der Waals surface area contributed by atoms with Crippen molar-refractivity contribution in [3.05, 3.63) is 11.7 Å². The van der Waals surface area contributed by atoms with Crippen molar-refractivity contribution in [2.75, 3.05) is 26.2 Å². The molecule has 0 radical (unpaired) electrons. The largest absolute Gasteiger partial charge is 0.367 e. The average molecular weight is 294 g/mol. The molecule has 2 N–H and O–H groups in total. The van der Waals surface area contributed by atoms with Crippen molar-refractivity contribution in [2.45, 2.75) is 57.1 Å². The summed E-state index contributed by atoms with van der Waals surface area (Å²) >= 11 is 0. The molecule has 1 aromatic rings. The van der Waals surface area contributed by atoms with Crippen LogP contribution in [0.15, 0.2) is 4.52 Å². The first-order valence-corrected chi connectivity index (χ1v) is 8.19. The molecule has 0 bridgehead atoms. The fraction of sp³-hybridized carbons (Fsp3) is 0.867. The van der Waals surface area contributed by atoms with Crippen LogP contribution in [0.2, 0.25) is 0 Å². The third-order valence-corrected chi connectivity index (χ3v) is 4.56. The van der Waals surface area contributed by atoms with Gasteiger partial charge in [-0.3, -0.25) is 4.90 Å². The molecule has 0 aromatic carbocycles. The predicted molar refractivity (Wildman–Crippen MR) is 78.9 cm³/mol. The Morgan fingerprint density at radius 3 is 2.86 bits per heavy atom. The van der Waals surface area contributed by atoms with Crippen LogP contribution in [0.3, 0.4) is 0 Å². The van der Waals surface area contributed by atoms with Gasteiger partial charge in [0.15, 0.2) is 0 Å². The van der Waals surface area contributed by atoms with Crippen LogP contribution in [-0.2, 0) is 4.74 Å².